The number of benzene rings is 2. The molecule has 0 radical (unpaired) electrons. The summed E-state index contributed by atoms with van der Waals surface area (Å²) >= 11 is 0. The van der Waals surface area contributed by atoms with Crippen LogP contribution in [0, 0.1) is 0 Å². The van der Waals surface area contributed by atoms with Gasteiger partial charge in [-0.3, -0.25) is 0 Å². The molecule has 0 atom stereocenters. The van der Waals surface area contributed by atoms with Crippen LogP contribution in [0.2, 0.25) is 0 Å². The zero-order valence-electron chi connectivity index (χ0n) is 12.7. The number of nitrogens with zero attached hydrogens (tertiary/aromatic N) is 1. The lowest BCUT2D eigenvalue weighted by molar-refractivity contribution is 0.0601. The summed E-state index contributed by atoms with van der Waals surface area (Å²) in [5.74, 6) is 0.426. The Kier molecular flexibility index (Phi) is 4.34. The topological polar surface area (TPSA) is 51.2 Å². The number of anilines is 2. The molecule has 0 aliphatic heterocycles. The number of pyridine rings is 1. The maximum absolute atomic E-state index is 11.9. The van der Waals surface area contributed by atoms with E-state index in [1.165, 1.54) is 7.11 Å². The first-order chi connectivity index (χ1) is 11.3. The molecule has 4 nitrogen and oxygen atoms in total. The van der Waals surface area contributed by atoms with Crippen molar-refractivity contribution >= 4 is 17.5 Å². The number of carbonyl (C=O) groups is 1. The van der Waals surface area contributed by atoms with Gasteiger partial charge in [-0.15, -0.1) is 0 Å². The van der Waals surface area contributed by atoms with Crippen LogP contribution in [-0.4, -0.2) is 18.1 Å². The van der Waals surface area contributed by atoms with E-state index in [9.17, 15) is 4.79 Å². The van der Waals surface area contributed by atoms with Gasteiger partial charge in [0.2, 0.25) is 0 Å². The van der Waals surface area contributed by atoms with Crippen LogP contribution in [0.1, 0.15) is 10.4 Å². The van der Waals surface area contributed by atoms with Crippen LogP contribution in [-0.2, 0) is 4.74 Å². The van der Waals surface area contributed by atoms with Crippen LogP contribution in [0.3, 0.4) is 0 Å². The normalized spacial score (nSPS) is 10.1. The zero-order valence-corrected chi connectivity index (χ0v) is 12.7. The Morgan fingerprint density at radius 3 is 2.61 bits per heavy atom. The van der Waals surface area contributed by atoms with Crippen molar-refractivity contribution in [1.29, 1.82) is 0 Å². The first-order valence-corrected chi connectivity index (χ1v) is 7.24. The predicted molar refractivity (Wildman–Crippen MR) is 90.7 cm³/mol. The maximum Gasteiger partial charge on any atom is 0.338 e. The number of hydrogen-bond acceptors (Lipinski definition) is 4. The Balaban J connectivity index is 1.96. The lowest BCUT2D eigenvalue weighted by Gasteiger charge is -2.10. The summed E-state index contributed by atoms with van der Waals surface area (Å²) in [5.41, 5.74) is 3.22. The molecule has 3 rings (SSSR count). The third-order valence-electron chi connectivity index (χ3n) is 3.44. The summed E-state index contributed by atoms with van der Waals surface area (Å²) in [4.78, 5) is 16.2. The van der Waals surface area contributed by atoms with Crippen LogP contribution in [0.15, 0.2) is 72.9 Å². The molecule has 0 saturated carbocycles. The van der Waals surface area contributed by atoms with E-state index in [0.29, 0.717) is 5.56 Å². The smallest absolute Gasteiger partial charge is 0.338 e. The van der Waals surface area contributed by atoms with Crippen molar-refractivity contribution in [1.82, 2.24) is 4.98 Å². The first kappa shape index (κ1) is 14.8. The Labute approximate surface area is 134 Å². The fourth-order valence-corrected chi connectivity index (χ4v) is 2.37. The minimum Gasteiger partial charge on any atom is -0.465 e. The van der Waals surface area contributed by atoms with Crippen LogP contribution in [0.4, 0.5) is 11.5 Å². The second-order valence-corrected chi connectivity index (χ2v) is 4.96. The monoisotopic (exact) mass is 304 g/mol. The van der Waals surface area contributed by atoms with E-state index in [1.807, 2.05) is 60.7 Å². The van der Waals surface area contributed by atoms with E-state index < -0.39 is 0 Å². The number of carbonyl (C=O) groups excluding carboxylic acids is 1. The van der Waals surface area contributed by atoms with Gasteiger partial charge in [0.05, 0.1) is 12.7 Å². The second kappa shape index (κ2) is 6.75. The first-order valence-electron chi connectivity index (χ1n) is 7.24. The predicted octanol–water partition coefficient (Wildman–Crippen LogP) is 4.28. The molecule has 1 aromatic heterocycles. The molecule has 0 unspecified atom stereocenters. The Morgan fingerprint density at radius 2 is 1.83 bits per heavy atom. The van der Waals surface area contributed by atoms with Crippen molar-refractivity contribution in [3.63, 3.8) is 0 Å². The Bertz CT molecular complexity index is 816. The molecule has 0 bridgehead atoms. The van der Waals surface area contributed by atoms with E-state index in [0.717, 1.165) is 22.6 Å². The molecular weight excluding hydrogens is 288 g/mol. The van der Waals surface area contributed by atoms with Gasteiger partial charge in [0.25, 0.3) is 0 Å². The number of aromatic nitrogens is 1. The fourth-order valence-electron chi connectivity index (χ4n) is 2.37. The summed E-state index contributed by atoms with van der Waals surface area (Å²) in [6.45, 7) is 0. The highest BCUT2D eigenvalue weighted by Crippen LogP contribution is 2.27. The highest BCUT2D eigenvalue weighted by molar-refractivity contribution is 5.97. The number of esters is 1. The van der Waals surface area contributed by atoms with Crippen LogP contribution < -0.4 is 5.32 Å². The number of nitrogens with one attached hydrogen (secondary N) is 1. The van der Waals surface area contributed by atoms with Gasteiger partial charge in [0.1, 0.15) is 5.82 Å². The number of ether oxygens (including phenoxy) is 1. The van der Waals surface area contributed by atoms with Gasteiger partial charge in [-0.1, -0.05) is 36.4 Å². The van der Waals surface area contributed by atoms with Gasteiger partial charge in [0, 0.05) is 11.9 Å². The SMILES string of the molecule is COC(=O)c1ccccc1-c1cccc(Nc2ccccn2)c1. The summed E-state index contributed by atoms with van der Waals surface area (Å²) in [7, 11) is 1.39. The van der Waals surface area contributed by atoms with Crippen molar-refractivity contribution in [2.75, 3.05) is 12.4 Å². The van der Waals surface area contributed by atoms with Crippen molar-refractivity contribution in [3.8, 4) is 11.1 Å². The van der Waals surface area contributed by atoms with Gasteiger partial charge >= 0.3 is 5.97 Å². The Morgan fingerprint density at radius 1 is 1.00 bits per heavy atom. The molecule has 0 amide bonds. The van der Waals surface area contributed by atoms with Gasteiger partial charge in [-0.25, -0.2) is 9.78 Å². The molecule has 0 aliphatic carbocycles. The van der Waals surface area contributed by atoms with Crippen molar-refractivity contribution in [3.05, 3.63) is 78.5 Å². The second-order valence-electron chi connectivity index (χ2n) is 4.96. The van der Waals surface area contributed by atoms with Crippen LogP contribution in [0.25, 0.3) is 11.1 Å². The molecule has 1 N–H and O–H groups in total. The van der Waals surface area contributed by atoms with Crippen LogP contribution in [0.5, 0.6) is 0 Å². The van der Waals surface area contributed by atoms with E-state index in [1.54, 1.807) is 12.3 Å². The van der Waals surface area contributed by atoms with Gasteiger partial charge in [-0.05, 0) is 41.5 Å². The summed E-state index contributed by atoms with van der Waals surface area (Å²) in [6, 6.07) is 20.9. The lowest BCUT2D eigenvalue weighted by atomic mass is 9.99. The minimum absolute atomic E-state index is 0.344. The van der Waals surface area contributed by atoms with E-state index in [-0.39, 0.29) is 5.97 Å². The molecule has 3 aromatic rings. The summed E-state index contributed by atoms with van der Waals surface area (Å²) in [5, 5.41) is 3.25. The number of methoxy groups -OCH3 is 1. The highest BCUT2D eigenvalue weighted by Gasteiger charge is 2.12. The van der Waals surface area contributed by atoms with Crippen molar-refractivity contribution in [2.45, 2.75) is 0 Å². The van der Waals surface area contributed by atoms with E-state index >= 15 is 0 Å². The number of hydrogen-bond donors (Lipinski definition) is 1. The average molecular weight is 304 g/mol. The third kappa shape index (κ3) is 3.37. The molecule has 23 heavy (non-hydrogen) atoms. The van der Waals surface area contributed by atoms with E-state index in [4.69, 9.17) is 4.74 Å². The standard InChI is InChI=1S/C19H16N2O2/c1-23-19(22)17-10-3-2-9-16(17)14-7-6-8-15(13-14)21-18-11-4-5-12-20-18/h2-13H,1H3,(H,20,21). The lowest BCUT2D eigenvalue weighted by Crippen LogP contribution is -2.03. The molecule has 0 fully saturated rings. The maximum atomic E-state index is 11.9. The minimum atomic E-state index is -0.344. The third-order valence-corrected chi connectivity index (χ3v) is 3.44. The fraction of sp³-hybridized carbons (Fsp3) is 0.0526. The number of rotatable bonds is 4. The largest absolute Gasteiger partial charge is 0.465 e. The van der Waals surface area contributed by atoms with Crippen LogP contribution >= 0.6 is 0 Å². The van der Waals surface area contributed by atoms with Gasteiger partial charge < -0.3 is 10.1 Å². The highest BCUT2D eigenvalue weighted by atomic mass is 16.5. The van der Waals surface area contributed by atoms with Crippen molar-refractivity contribution < 1.29 is 9.53 Å². The molecule has 0 spiro atoms. The molecule has 114 valence electrons. The summed E-state index contributed by atoms with van der Waals surface area (Å²) in [6.07, 6.45) is 1.73. The van der Waals surface area contributed by atoms with E-state index in [2.05, 4.69) is 10.3 Å². The Hall–Kier alpha value is -3.14. The average Bonchev–Trinajstić information content (AvgIpc) is 2.62. The van der Waals surface area contributed by atoms with Gasteiger partial charge in [0.15, 0.2) is 0 Å². The molecular formula is C19H16N2O2. The molecule has 0 saturated heterocycles. The molecule has 4 heteroatoms. The van der Waals surface area contributed by atoms with Gasteiger partial charge in [-0.2, -0.15) is 0 Å². The summed E-state index contributed by atoms with van der Waals surface area (Å²) < 4.78 is 4.86. The quantitative estimate of drug-likeness (QED) is 0.731. The molecule has 1 heterocycles. The molecule has 0 aliphatic rings. The zero-order chi connectivity index (χ0) is 16.1. The molecule has 2 aromatic carbocycles. The van der Waals surface area contributed by atoms with Crippen molar-refractivity contribution in [2.24, 2.45) is 0 Å².